The lowest BCUT2D eigenvalue weighted by molar-refractivity contribution is 0.774. The third kappa shape index (κ3) is 1.65. The molecule has 1 unspecified atom stereocenters. The highest BCUT2D eigenvalue weighted by Gasteiger charge is 2.11. The van der Waals surface area contributed by atoms with Crippen molar-refractivity contribution in [2.45, 2.75) is 12.5 Å². The fraction of sp³-hybridized carbons (Fsp3) is 0.200. The molecule has 0 aliphatic carbocycles. The van der Waals surface area contributed by atoms with Gasteiger partial charge >= 0.3 is 0 Å². The van der Waals surface area contributed by atoms with Gasteiger partial charge in [0.1, 0.15) is 0 Å². The number of nitrogens with two attached hydrogens (primary N) is 1. The van der Waals surface area contributed by atoms with Gasteiger partial charge < -0.3 is 5.73 Å². The summed E-state index contributed by atoms with van der Waals surface area (Å²) in [5.41, 5.74) is 5.50. The fourth-order valence-electron chi connectivity index (χ4n) is 1.25. The van der Waals surface area contributed by atoms with E-state index in [4.69, 9.17) is 5.73 Å². The number of nitrogens with zero attached hydrogens (tertiary/aromatic N) is 2. The first-order chi connectivity index (χ1) is 6.17. The maximum Gasteiger partial charge on any atom is 0.0884 e. The minimum Gasteiger partial charge on any atom is -0.319 e. The molecule has 0 radical (unpaired) electrons. The van der Waals surface area contributed by atoms with Crippen LogP contribution in [0, 0.1) is 0 Å². The van der Waals surface area contributed by atoms with E-state index in [0.717, 1.165) is 10.7 Å². The largest absolute Gasteiger partial charge is 0.319 e. The van der Waals surface area contributed by atoms with Gasteiger partial charge in [-0.15, -0.1) is 0 Å². The predicted molar refractivity (Wildman–Crippen MR) is 51.2 cm³/mol. The molecule has 2 N–H and O–H groups in total. The molecule has 3 heteroatoms. The third-order valence-corrected chi connectivity index (χ3v) is 1.91. The van der Waals surface area contributed by atoms with E-state index < -0.39 is 5.54 Å². The molecule has 3 nitrogen and oxygen atoms in total. The average Bonchev–Trinajstić information content (AvgIpc) is 2.21. The van der Waals surface area contributed by atoms with Gasteiger partial charge in [0.05, 0.1) is 16.2 Å². The smallest absolute Gasteiger partial charge is 0.0884 e. The average molecular weight is 173 g/mol. The van der Waals surface area contributed by atoms with Crippen molar-refractivity contribution in [2.75, 3.05) is 0 Å². The maximum atomic E-state index is 5.95. The maximum absolute atomic E-state index is 5.95. The van der Waals surface area contributed by atoms with Gasteiger partial charge in [-0.05, 0) is 31.2 Å². The molecule has 0 fully saturated rings. The number of fused-ring (bicyclic) bond motifs is 1. The van der Waals surface area contributed by atoms with Crippen molar-refractivity contribution in [1.29, 1.82) is 0 Å². The fourth-order valence-corrected chi connectivity index (χ4v) is 1.25. The Labute approximate surface area is 76.3 Å². The molecule has 2 heterocycles. The van der Waals surface area contributed by atoms with Crippen molar-refractivity contribution < 1.29 is 0 Å². The molecule has 66 valence electrons. The Morgan fingerprint density at radius 2 is 2.31 bits per heavy atom. The normalized spacial score (nSPS) is 25.4. The van der Waals surface area contributed by atoms with Crippen LogP contribution in [0.25, 0.3) is 6.08 Å². The van der Waals surface area contributed by atoms with E-state index in [2.05, 4.69) is 9.98 Å². The first-order valence-electron chi connectivity index (χ1n) is 4.16. The number of hydrogen-bond acceptors (Lipinski definition) is 3. The Balaban J connectivity index is 2.77. The summed E-state index contributed by atoms with van der Waals surface area (Å²) in [6.45, 7) is 1.92. The van der Waals surface area contributed by atoms with E-state index in [-0.39, 0.29) is 0 Å². The third-order valence-electron chi connectivity index (χ3n) is 1.91. The van der Waals surface area contributed by atoms with Crippen LogP contribution in [0.15, 0.2) is 35.6 Å². The number of hydrogen-bond donors (Lipinski definition) is 1. The van der Waals surface area contributed by atoms with E-state index in [9.17, 15) is 0 Å². The van der Waals surface area contributed by atoms with Gasteiger partial charge in [0.2, 0.25) is 0 Å². The molecular formula is C10H11N3. The second kappa shape index (κ2) is 2.78. The molecule has 1 aliphatic heterocycles. The van der Waals surface area contributed by atoms with E-state index in [1.54, 1.807) is 12.4 Å². The van der Waals surface area contributed by atoms with Gasteiger partial charge in [-0.1, -0.05) is 0 Å². The van der Waals surface area contributed by atoms with Crippen LogP contribution in [-0.4, -0.2) is 10.5 Å². The quantitative estimate of drug-likeness (QED) is 0.587. The SMILES string of the molecule is CC1(N)C=CN=c2cccnc2=C1. The standard InChI is InChI=1S/C10H11N3/c1-10(11)4-6-13-8-3-2-5-12-9(8)7-10/h2-7H,11H2,1H3. The Hall–Kier alpha value is -1.48. The minimum atomic E-state index is -0.455. The van der Waals surface area contributed by atoms with Gasteiger partial charge in [-0.3, -0.25) is 9.98 Å². The summed E-state index contributed by atoms with van der Waals surface area (Å²) in [6, 6.07) is 3.79. The first-order valence-corrected chi connectivity index (χ1v) is 4.16. The molecule has 0 bridgehead atoms. The highest BCUT2D eigenvalue weighted by atomic mass is 14.8. The van der Waals surface area contributed by atoms with Crippen LogP contribution in [-0.2, 0) is 0 Å². The summed E-state index contributed by atoms with van der Waals surface area (Å²) in [5, 5.41) is 1.71. The predicted octanol–water partition coefficient (Wildman–Crippen LogP) is -0.274. The summed E-state index contributed by atoms with van der Waals surface area (Å²) < 4.78 is 0. The van der Waals surface area contributed by atoms with Crippen LogP contribution >= 0.6 is 0 Å². The zero-order valence-corrected chi connectivity index (χ0v) is 7.44. The molecule has 0 spiro atoms. The van der Waals surface area contributed by atoms with Gasteiger partial charge in [0.25, 0.3) is 0 Å². The lowest BCUT2D eigenvalue weighted by Gasteiger charge is -2.12. The van der Waals surface area contributed by atoms with Crippen molar-refractivity contribution in [2.24, 2.45) is 10.7 Å². The summed E-state index contributed by atoms with van der Waals surface area (Å²) in [6.07, 6.45) is 7.24. The second-order valence-electron chi connectivity index (χ2n) is 3.36. The van der Waals surface area contributed by atoms with Crippen LogP contribution in [0.3, 0.4) is 0 Å². The summed E-state index contributed by atoms with van der Waals surface area (Å²) in [4.78, 5) is 8.43. The van der Waals surface area contributed by atoms with E-state index in [1.165, 1.54) is 0 Å². The molecule has 2 rings (SSSR count). The zero-order valence-electron chi connectivity index (χ0n) is 7.44. The van der Waals surface area contributed by atoms with Crippen LogP contribution in [0.1, 0.15) is 6.92 Å². The van der Waals surface area contributed by atoms with Crippen molar-refractivity contribution in [3.63, 3.8) is 0 Å². The van der Waals surface area contributed by atoms with E-state index in [1.807, 2.05) is 31.2 Å². The number of rotatable bonds is 0. The Morgan fingerprint density at radius 3 is 3.15 bits per heavy atom. The van der Waals surface area contributed by atoms with Crippen LogP contribution in [0.2, 0.25) is 0 Å². The Bertz CT molecular complexity index is 457. The summed E-state index contributed by atoms with van der Waals surface area (Å²) in [7, 11) is 0. The molecule has 1 aromatic heterocycles. The molecule has 0 aromatic carbocycles. The second-order valence-corrected chi connectivity index (χ2v) is 3.36. The van der Waals surface area contributed by atoms with Crippen molar-refractivity contribution >= 4 is 6.08 Å². The monoisotopic (exact) mass is 173 g/mol. The molecule has 0 saturated heterocycles. The van der Waals surface area contributed by atoms with Gasteiger partial charge in [0.15, 0.2) is 0 Å². The molecule has 1 aromatic rings. The molecular weight excluding hydrogens is 162 g/mol. The van der Waals surface area contributed by atoms with Crippen molar-refractivity contribution in [3.05, 3.63) is 41.3 Å². The van der Waals surface area contributed by atoms with E-state index in [0.29, 0.717) is 0 Å². The molecule has 0 amide bonds. The van der Waals surface area contributed by atoms with Crippen LogP contribution in [0.4, 0.5) is 0 Å². The summed E-state index contributed by atoms with van der Waals surface area (Å²) in [5.74, 6) is 0. The van der Waals surface area contributed by atoms with E-state index >= 15 is 0 Å². The molecule has 13 heavy (non-hydrogen) atoms. The minimum absolute atomic E-state index is 0.455. The van der Waals surface area contributed by atoms with Crippen molar-refractivity contribution in [1.82, 2.24) is 4.98 Å². The first kappa shape index (κ1) is 8.13. The molecule has 1 aliphatic rings. The highest BCUT2D eigenvalue weighted by molar-refractivity contribution is 5.39. The van der Waals surface area contributed by atoms with Crippen LogP contribution < -0.4 is 16.4 Å². The zero-order chi connectivity index (χ0) is 9.31. The number of aromatic nitrogens is 1. The van der Waals surface area contributed by atoms with Crippen molar-refractivity contribution in [3.8, 4) is 0 Å². The van der Waals surface area contributed by atoms with Gasteiger partial charge in [-0.2, -0.15) is 0 Å². The Kier molecular flexibility index (Phi) is 1.74. The van der Waals surface area contributed by atoms with Gasteiger partial charge in [-0.25, -0.2) is 0 Å². The molecule has 1 atom stereocenters. The number of pyridine rings is 1. The lowest BCUT2D eigenvalue weighted by atomic mass is 10.0. The van der Waals surface area contributed by atoms with Crippen LogP contribution in [0.5, 0.6) is 0 Å². The Morgan fingerprint density at radius 1 is 1.46 bits per heavy atom. The molecule has 0 saturated carbocycles. The lowest BCUT2D eigenvalue weighted by Crippen LogP contribution is -2.36. The highest BCUT2D eigenvalue weighted by Crippen LogP contribution is 2.03. The summed E-state index contributed by atoms with van der Waals surface area (Å²) >= 11 is 0. The topological polar surface area (TPSA) is 51.3 Å². The van der Waals surface area contributed by atoms with Gasteiger partial charge in [0, 0.05) is 12.4 Å².